The third-order valence-corrected chi connectivity index (χ3v) is 4.17. The van der Waals surface area contributed by atoms with E-state index in [0.29, 0.717) is 32.8 Å². The van der Waals surface area contributed by atoms with E-state index in [2.05, 4.69) is 5.32 Å². The minimum Gasteiger partial charge on any atom is -0.454 e. The Bertz CT molecular complexity index is 896. The van der Waals surface area contributed by atoms with Gasteiger partial charge >= 0.3 is 5.97 Å². The molecule has 1 aliphatic rings. The summed E-state index contributed by atoms with van der Waals surface area (Å²) in [5.41, 5.74) is 1.19. The van der Waals surface area contributed by atoms with Crippen molar-refractivity contribution >= 4 is 46.8 Å². The highest BCUT2D eigenvalue weighted by Gasteiger charge is 2.19. The van der Waals surface area contributed by atoms with Crippen molar-refractivity contribution in [1.82, 2.24) is 0 Å². The molecule has 0 unspecified atom stereocenters. The zero-order valence-electron chi connectivity index (χ0n) is 14.2. The third kappa shape index (κ3) is 4.93. The fourth-order valence-corrected chi connectivity index (χ4v) is 2.69. The summed E-state index contributed by atoms with van der Waals surface area (Å²) in [6.07, 6.45) is 1.75. The molecular weight excluding hydrogens is 393 g/mol. The Balaban J connectivity index is 1.56. The van der Waals surface area contributed by atoms with Crippen molar-refractivity contribution in [3.63, 3.8) is 0 Å². The molecule has 3 rings (SSSR count). The minimum absolute atomic E-state index is 0.102. The Morgan fingerprint density at radius 1 is 1.19 bits per heavy atom. The van der Waals surface area contributed by atoms with Gasteiger partial charge in [-0.25, -0.2) is 4.79 Å². The highest BCUT2D eigenvalue weighted by Crippen LogP contribution is 2.40. The first-order valence-electron chi connectivity index (χ1n) is 7.96. The monoisotopic (exact) mass is 407 g/mol. The van der Waals surface area contributed by atoms with Crippen LogP contribution in [0.5, 0.6) is 11.5 Å². The van der Waals surface area contributed by atoms with Gasteiger partial charge < -0.3 is 19.5 Å². The highest BCUT2D eigenvalue weighted by atomic mass is 35.5. The van der Waals surface area contributed by atoms with Crippen LogP contribution in [0.4, 0.5) is 5.69 Å². The zero-order valence-corrected chi connectivity index (χ0v) is 15.7. The molecule has 1 aliphatic heterocycles. The van der Waals surface area contributed by atoms with Gasteiger partial charge in [-0.2, -0.15) is 0 Å². The second-order valence-corrected chi connectivity index (χ2v) is 6.49. The molecule has 2 aromatic rings. The molecule has 27 heavy (non-hydrogen) atoms. The summed E-state index contributed by atoms with van der Waals surface area (Å²) in [5, 5.41) is 3.58. The van der Waals surface area contributed by atoms with Gasteiger partial charge in [0.1, 0.15) is 0 Å². The second-order valence-electron chi connectivity index (χ2n) is 5.65. The minimum atomic E-state index is -0.974. The zero-order chi connectivity index (χ0) is 19.4. The van der Waals surface area contributed by atoms with Crippen LogP contribution in [0, 0.1) is 0 Å². The summed E-state index contributed by atoms with van der Waals surface area (Å²) >= 11 is 11.9. The molecule has 140 valence electrons. The van der Waals surface area contributed by atoms with Gasteiger partial charge in [0, 0.05) is 16.8 Å². The molecule has 1 atom stereocenters. The lowest BCUT2D eigenvalue weighted by Crippen LogP contribution is -2.29. The van der Waals surface area contributed by atoms with E-state index in [-0.39, 0.29) is 6.79 Å². The smallest absolute Gasteiger partial charge is 0.331 e. The van der Waals surface area contributed by atoms with E-state index >= 15 is 0 Å². The van der Waals surface area contributed by atoms with E-state index in [9.17, 15) is 9.59 Å². The second kappa shape index (κ2) is 8.33. The van der Waals surface area contributed by atoms with Crippen LogP contribution in [-0.4, -0.2) is 24.8 Å². The van der Waals surface area contributed by atoms with Gasteiger partial charge in [-0.3, -0.25) is 4.79 Å². The number of esters is 1. The lowest BCUT2D eigenvalue weighted by molar-refractivity contribution is -0.148. The average Bonchev–Trinajstić information content (AvgIpc) is 3.11. The molecule has 0 radical (unpaired) electrons. The van der Waals surface area contributed by atoms with Crippen molar-refractivity contribution in [2.75, 3.05) is 12.1 Å². The van der Waals surface area contributed by atoms with Gasteiger partial charge in [-0.15, -0.1) is 0 Å². The normalized spacial score (nSPS) is 13.4. The molecule has 0 fully saturated rings. The van der Waals surface area contributed by atoms with Crippen LogP contribution in [0.3, 0.4) is 0 Å². The van der Waals surface area contributed by atoms with Crippen molar-refractivity contribution in [2.24, 2.45) is 0 Å². The number of benzene rings is 2. The number of fused-ring (bicyclic) bond motifs is 1. The van der Waals surface area contributed by atoms with Gasteiger partial charge in [0.05, 0.1) is 5.02 Å². The maximum atomic E-state index is 12.1. The standard InChI is InChI=1S/C19H15Cl2NO5/c1-11(19(24)22-14-5-3-13(20)4-6-14)27-17(23)7-2-12-8-15(21)18-16(9-12)25-10-26-18/h2-9,11H,10H2,1H3,(H,22,24)/b7-2+/t11-/m0/s1. The van der Waals surface area contributed by atoms with Gasteiger partial charge in [-0.05, 0) is 55.0 Å². The van der Waals surface area contributed by atoms with Crippen LogP contribution < -0.4 is 14.8 Å². The molecule has 1 heterocycles. The van der Waals surface area contributed by atoms with Crippen molar-refractivity contribution in [1.29, 1.82) is 0 Å². The number of ether oxygens (including phenoxy) is 3. The number of rotatable bonds is 5. The summed E-state index contributed by atoms with van der Waals surface area (Å²) in [4.78, 5) is 24.0. The van der Waals surface area contributed by atoms with Gasteiger partial charge in [0.25, 0.3) is 5.91 Å². The maximum Gasteiger partial charge on any atom is 0.331 e. The van der Waals surface area contributed by atoms with Crippen molar-refractivity contribution in [2.45, 2.75) is 13.0 Å². The van der Waals surface area contributed by atoms with Crippen LogP contribution in [0.15, 0.2) is 42.5 Å². The quantitative estimate of drug-likeness (QED) is 0.590. The summed E-state index contributed by atoms with van der Waals surface area (Å²) in [6, 6.07) is 9.92. The van der Waals surface area contributed by atoms with E-state index < -0.39 is 18.0 Å². The number of hydrogen-bond donors (Lipinski definition) is 1. The fraction of sp³-hybridized carbons (Fsp3) is 0.158. The highest BCUT2D eigenvalue weighted by molar-refractivity contribution is 6.32. The van der Waals surface area contributed by atoms with Gasteiger partial charge in [0.2, 0.25) is 6.79 Å². The molecule has 6 nitrogen and oxygen atoms in total. The van der Waals surface area contributed by atoms with Crippen molar-refractivity contribution in [3.8, 4) is 11.5 Å². The molecule has 0 aromatic heterocycles. The van der Waals surface area contributed by atoms with E-state index in [0.717, 1.165) is 0 Å². The predicted octanol–water partition coefficient (Wildman–Crippen LogP) is 4.31. The van der Waals surface area contributed by atoms with Gasteiger partial charge in [0.15, 0.2) is 17.6 Å². The van der Waals surface area contributed by atoms with Gasteiger partial charge in [-0.1, -0.05) is 23.2 Å². The fourth-order valence-electron chi connectivity index (χ4n) is 2.29. The van der Waals surface area contributed by atoms with E-state index in [1.165, 1.54) is 19.1 Å². The Hall–Kier alpha value is -2.70. The summed E-state index contributed by atoms with van der Waals surface area (Å²) in [7, 11) is 0. The Labute approximate surface area is 165 Å². The number of halogens is 2. The first kappa shape index (κ1) is 19.1. The SMILES string of the molecule is C[C@H](OC(=O)/C=C/c1cc(Cl)c2c(c1)OCO2)C(=O)Nc1ccc(Cl)cc1. The topological polar surface area (TPSA) is 73.9 Å². The lowest BCUT2D eigenvalue weighted by Gasteiger charge is -2.12. The summed E-state index contributed by atoms with van der Waals surface area (Å²) < 4.78 is 15.6. The molecule has 8 heteroatoms. The first-order chi connectivity index (χ1) is 12.9. The van der Waals surface area contributed by atoms with Crippen LogP contribution in [0.25, 0.3) is 6.08 Å². The van der Waals surface area contributed by atoms with Crippen LogP contribution >= 0.6 is 23.2 Å². The van der Waals surface area contributed by atoms with E-state index in [4.69, 9.17) is 37.4 Å². The number of hydrogen-bond acceptors (Lipinski definition) is 5. The van der Waals surface area contributed by atoms with E-state index in [1.807, 2.05) is 0 Å². The predicted molar refractivity (Wildman–Crippen MR) is 102 cm³/mol. The molecule has 0 saturated heterocycles. The largest absolute Gasteiger partial charge is 0.454 e. The average molecular weight is 408 g/mol. The molecule has 0 spiro atoms. The van der Waals surface area contributed by atoms with Crippen LogP contribution in [0.1, 0.15) is 12.5 Å². The van der Waals surface area contributed by atoms with Crippen molar-refractivity contribution in [3.05, 3.63) is 58.1 Å². The molecule has 0 saturated carbocycles. The number of anilines is 1. The molecular formula is C19H15Cl2NO5. The number of amides is 1. The summed E-state index contributed by atoms with van der Waals surface area (Å²) in [5.74, 6) is -0.136. The Morgan fingerprint density at radius 3 is 2.67 bits per heavy atom. The molecule has 2 aromatic carbocycles. The van der Waals surface area contributed by atoms with Crippen LogP contribution in [0.2, 0.25) is 10.0 Å². The first-order valence-corrected chi connectivity index (χ1v) is 8.72. The molecule has 1 amide bonds. The summed E-state index contributed by atoms with van der Waals surface area (Å²) in [6.45, 7) is 1.58. The Kier molecular flexibility index (Phi) is 5.88. The van der Waals surface area contributed by atoms with Crippen molar-refractivity contribution < 1.29 is 23.8 Å². The molecule has 0 bridgehead atoms. The maximum absolute atomic E-state index is 12.1. The number of carbonyl (C=O) groups is 2. The molecule has 0 aliphatic carbocycles. The third-order valence-electron chi connectivity index (χ3n) is 3.64. The lowest BCUT2D eigenvalue weighted by atomic mass is 10.2. The number of nitrogens with one attached hydrogen (secondary N) is 1. The van der Waals surface area contributed by atoms with Crippen LogP contribution in [-0.2, 0) is 14.3 Å². The van der Waals surface area contributed by atoms with E-state index in [1.54, 1.807) is 36.4 Å². The number of carbonyl (C=O) groups excluding carboxylic acids is 2. The Morgan fingerprint density at radius 2 is 1.93 bits per heavy atom. The molecule has 1 N–H and O–H groups in total.